The molecule has 2 aliphatic rings. The number of carbonyl (C=O) groups excluding carboxylic acids is 1. The molecule has 1 N–H and O–H groups in total. The zero-order chi connectivity index (χ0) is 23.3. The fourth-order valence-corrected chi connectivity index (χ4v) is 4.90. The molecule has 5 rings (SSSR count). The van der Waals surface area contributed by atoms with E-state index in [4.69, 9.17) is 5.11 Å². The summed E-state index contributed by atoms with van der Waals surface area (Å²) >= 11 is 0. The summed E-state index contributed by atoms with van der Waals surface area (Å²) in [5.41, 5.74) is 1.09. The molecule has 34 heavy (non-hydrogen) atoms. The lowest BCUT2D eigenvalue weighted by Crippen LogP contribution is -2.49. The molecule has 8 heteroatoms. The molecule has 0 unspecified atom stereocenters. The lowest BCUT2D eigenvalue weighted by molar-refractivity contribution is -0.130. The topological polar surface area (TPSA) is 76.0 Å². The molecular formula is C26H32N6O2. The average molecular weight is 461 g/mol. The van der Waals surface area contributed by atoms with Gasteiger partial charge < -0.3 is 19.8 Å². The van der Waals surface area contributed by atoms with Gasteiger partial charge in [-0.05, 0) is 28.5 Å². The van der Waals surface area contributed by atoms with Crippen molar-refractivity contribution in [3.63, 3.8) is 0 Å². The number of aliphatic hydroxyl groups excluding tert-OH is 1. The van der Waals surface area contributed by atoms with Crippen molar-refractivity contribution in [2.24, 2.45) is 0 Å². The van der Waals surface area contributed by atoms with E-state index in [1.807, 2.05) is 35.2 Å². The monoisotopic (exact) mass is 460 g/mol. The van der Waals surface area contributed by atoms with E-state index in [1.54, 1.807) is 0 Å². The van der Waals surface area contributed by atoms with Gasteiger partial charge >= 0.3 is 0 Å². The predicted molar refractivity (Wildman–Crippen MR) is 134 cm³/mol. The van der Waals surface area contributed by atoms with Crippen molar-refractivity contribution in [2.75, 3.05) is 75.3 Å². The van der Waals surface area contributed by atoms with Crippen LogP contribution in [0.25, 0.3) is 10.8 Å². The van der Waals surface area contributed by atoms with Gasteiger partial charge in [-0.3, -0.25) is 9.69 Å². The Balaban J connectivity index is 1.14. The summed E-state index contributed by atoms with van der Waals surface area (Å²) < 4.78 is 0. The summed E-state index contributed by atoms with van der Waals surface area (Å²) in [6.07, 6.45) is 0.432. The summed E-state index contributed by atoms with van der Waals surface area (Å²) in [4.78, 5) is 21.7. The second-order valence-corrected chi connectivity index (χ2v) is 8.98. The Labute approximate surface area is 200 Å². The first-order valence-corrected chi connectivity index (χ1v) is 12.1. The van der Waals surface area contributed by atoms with E-state index in [0.717, 1.165) is 68.4 Å². The lowest BCUT2D eigenvalue weighted by Gasteiger charge is -2.36. The van der Waals surface area contributed by atoms with Crippen molar-refractivity contribution in [3.8, 4) is 0 Å². The minimum atomic E-state index is 0.178. The Bertz CT molecular complexity index is 1100. The number of piperazine rings is 2. The van der Waals surface area contributed by atoms with Crippen molar-refractivity contribution in [1.82, 2.24) is 20.0 Å². The van der Waals surface area contributed by atoms with Gasteiger partial charge in [0.25, 0.3) is 0 Å². The third-order valence-electron chi connectivity index (χ3n) is 6.93. The van der Waals surface area contributed by atoms with Crippen LogP contribution in [0.1, 0.15) is 5.56 Å². The second kappa shape index (κ2) is 10.4. The van der Waals surface area contributed by atoms with Gasteiger partial charge in [0.2, 0.25) is 5.91 Å². The molecule has 0 radical (unpaired) electrons. The number of aromatic nitrogens is 2. The number of hydrogen-bond donors (Lipinski definition) is 1. The van der Waals surface area contributed by atoms with Crippen LogP contribution < -0.4 is 9.80 Å². The zero-order valence-electron chi connectivity index (χ0n) is 19.5. The third kappa shape index (κ3) is 4.98. The largest absolute Gasteiger partial charge is 0.395 e. The number of β-amino-alcohol motifs (C(OH)–C–C–N with tert-alkyl or cyclic N) is 1. The van der Waals surface area contributed by atoms with Crippen LogP contribution in [-0.4, -0.2) is 96.5 Å². The van der Waals surface area contributed by atoms with Gasteiger partial charge in [-0.1, -0.05) is 42.5 Å². The van der Waals surface area contributed by atoms with Gasteiger partial charge in [-0.15, -0.1) is 10.2 Å². The highest BCUT2D eigenvalue weighted by Crippen LogP contribution is 2.21. The maximum absolute atomic E-state index is 13.0. The number of rotatable bonds is 6. The van der Waals surface area contributed by atoms with E-state index in [1.165, 1.54) is 5.39 Å². The fraction of sp³-hybridized carbons (Fsp3) is 0.423. The molecule has 2 aliphatic heterocycles. The van der Waals surface area contributed by atoms with Gasteiger partial charge in [-0.25, -0.2) is 0 Å². The summed E-state index contributed by atoms with van der Waals surface area (Å²) in [5, 5.41) is 20.4. The molecule has 1 amide bonds. The number of hydrogen-bond acceptors (Lipinski definition) is 7. The molecule has 8 nitrogen and oxygen atoms in total. The van der Waals surface area contributed by atoms with Crippen LogP contribution in [0.2, 0.25) is 0 Å². The van der Waals surface area contributed by atoms with Gasteiger partial charge in [-0.2, -0.15) is 0 Å². The molecule has 0 saturated carbocycles. The van der Waals surface area contributed by atoms with E-state index >= 15 is 0 Å². The first kappa shape index (κ1) is 22.6. The van der Waals surface area contributed by atoms with Crippen molar-refractivity contribution in [1.29, 1.82) is 0 Å². The van der Waals surface area contributed by atoms with Crippen LogP contribution in [0.4, 0.5) is 11.6 Å². The average Bonchev–Trinajstić information content (AvgIpc) is 2.90. The van der Waals surface area contributed by atoms with Crippen LogP contribution in [-0.2, 0) is 11.2 Å². The fourth-order valence-electron chi connectivity index (χ4n) is 4.90. The molecule has 0 spiro atoms. The molecule has 3 heterocycles. The quantitative estimate of drug-likeness (QED) is 0.599. The van der Waals surface area contributed by atoms with E-state index in [9.17, 15) is 4.79 Å². The highest BCUT2D eigenvalue weighted by atomic mass is 16.3. The summed E-state index contributed by atoms with van der Waals surface area (Å²) in [7, 11) is 0. The van der Waals surface area contributed by atoms with Crippen molar-refractivity contribution in [3.05, 3.63) is 60.2 Å². The van der Waals surface area contributed by atoms with Crippen LogP contribution in [0.15, 0.2) is 54.6 Å². The van der Waals surface area contributed by atoms with E-state index in [-0.39, 0.29) is 12.5 Å². The second-order valence-electron chi connectivity index (χ2n) is 8.98. The number of aliphatic hydroxyl groups is 1. The Morgan fingerprint density at radius 1 is 0.765 bits per heavy atom. The highest BCUT2D eigenvalue weighted by Gasteiger charge is 2.23. The lowest BCUT2D eigenvalue weighted by atomic mass is 10.0. The normalized spacial score (nSPS) is 17.4. The number of carbonyl (C=O) groups is 1. The number of amides is 1. The van der Waals surface area contributed by atoms with Crippen LogP contribution in [0, 0.1) is 0 Å². The van der Waals surface area contributed by atoms with Gasteiger partial charge in [0.1, 0.15) is 0 Å². The first-order valence-electron chi connectivity index (χ1n) is 12.1. The molecule has 2 aromatic carbocycles. The zero-order valence-corrected chi connectivity index (χ0v) is 19.5. The standard InChI is InChI=1S/C26H32N6O2/c33-19-18-29-10-12-30(13-11-29)24-8-9-25(28-27-24)31-14-16-32(17-15-31)26(34)20-22-6-3-5-21-4-1-2-7-23(21)22/h1-9,33H,10-20H2. The Kier molecular flexibility index (Phi) is 6.87. The number of anilines is 2. The number of fused-ring (bicyclic) bond motifs is 1. The minimum Gasteiger partial charge on any atom is -0.395 e. The molecular weight excluding hydrogens is 428 g/mol. The molecule has 3 aromatic rings. The van der Waals surface area contributed by atoms with Crippen LogP contribution in [0.5, 0.6) is 0 Å². The van der Waals surface area contributed by atoms with Crippen LogP contribution in [0.3, 0.4) is 0 Å². The van der Waals surface area contributed by atoms with Crippen molar-refractivity contribution < 1.29 is 9.90 Å². The molecule has 2 saturated heterocycles. The van der Waals surface area contributed by atoms with Gasteiger partial charge in [0, 0.05) is 58.9 Å². The predicted octanol–water partition coefficient (Wildman–Crippen LogP) is 1.64. The maximum Gasteiger partial charge on any atom is 0.227 e. The molecule has 178 valence electrons. The number of nitrogens with zero attached hydrogens (tertiary/aromatic N) is 6. The Morgan fingerprint density at radius 3 is 2.03 bits per heavy atom. The van der Waals surface area contributed by atoms with Crippen molar-refractivity contribution >= 4 is 28.3 Å². The van der Waals surface area contributed by atoms with E-state index in [2.05, 4.69) is 49.2 Å². The van der Waals surface area contributed by atoms with E-state index in [0.29, 0.717) is 19.5 Å². The molecule has 1 aromatic heterocycles. The summed E-state index contributed by atoms with van der Waals surface area (Å²) in [6, 6.07) is 18.5. The van der Waals surface area contributed by atoms with Crippen molar-refractivity contribution in [2.45, 2.75) is 6.42 Å². The first-order chi connectivity index (χ1) is 16.7. The highest BCUT2D eigenvalue weighted by molar-refractivity contribution is 5.90. The molecule has 2 fully saturated rings. The van der Waals surface area contributed by atoms with E-state index < -0.39 is 0 Å². The molecule has 0 atom stereocenters. The van der Waals surface area contributed by atoms with Gasteiger partial charge in [0.15, 0.2) is 11.6 Å². The Hall–Kier alpha value is -3.23. The van der Waals surface area contributed by atoms with Gasteiger partial charge in [0.05, 0.1) is 13.0 Å². The van der Waals surface area contributed by atoms with Crippen LogP contribution >= 0.6 is 0 Å². The number of benzene rings is 2. The maximum atomic E-state index is 13.0. The summed E-state index contributed by atoms with van der Waals surface area (Å²) in [5.74, 6) is 1.94. The molecule has 0 bridgehead atoms. The SMILES string of the molecule is O=C(Cc1cccc2ccccc12)N1CCN(c2ccc(N3CCN(CCO)CC3)nn2)CC1. The third-order valence-corrected chi connectivity index (χ3v) is 6.93. The molecule has 0 aliphatic carbocycles. The Morgan fingerprint density at radius 2 is 1.38 bits per heavy atom. The summed E-state index contributed by atoms with van der Waals surface area (Å²) in [6.45, 7) is 7.49. The smallest absolute Gasteiger partial charge is 0.227 e. The minimum absolute atomic E-state index is 0.178.